The van der Waals surface area contributed by atoms with Gasteiger partial charge in [0.1, 0.15) is 11.9 Å². The minimum atomic E-state index is -0.683. The molecule has 0 saturated heterocycles. The topological polar surface area (TPSA) is 29.5 Å². The van der Waals surface area contributed by atoms with Crippen molar-refractivity contribution < 1.29 is 9.84 Å². The first kappa shape index (κ1) is 14.9. The van der Waals surface area contributed by atoms with Crippen molar-refractivity contribution in [2.24, 2.45) is 0 Å². The quantitative estimate of drug-likeness (QED) is 0.910. The third kappa shape index (κ3) is 2.97. The van der Waals surface area contributed by atoms with Crippen LogP contribution in [0.3, 0.4) is 0 Å². The van der Waals surface area contributed by atoms with E-state index in [4.69, 9.17) is 16.3 Å². The van der Waals surface area contributed by atoms with Crippen molar-refractivity contribution >= 4 is 11.6 Å². The second-order valence-corrected chi connectivity index (χ2v) is 5.58. The van der Waals surface area contributed by atoms with Gasteiger partial charge in [0.2, 0.25) is 0 Å². The molecule has 1 N–H and O–H groups in total. The summed E-state index contributed by atoms with van der Waals surface area (Å²) in [5, 5.41) is 11.3. The summed E-state index contributed by atoms with van der Waals surface area (Å²) in [7, 11) is 1.65. The molecule has 0 aliphatic rings. The first-order valence-electron chi connectivity index (χ1n) is 6.52. The molecule has 0 aliphatic carbocycles. The number of ether oxygens (including phenoxy) is 1. The van der Waals surface area contributed by atoms with Gasteiger partial charge >= 0.3 is 0 Å². The number of methoxy groups -OCH3 is 1. The van der Waals surface area contributed by atoms with E-state index >= 15 is 0 Å². The van der Waals surface area contributed by atoms with Crippen LogP contribution < -0.4 is 4.74 Å². The van der Waals surface area contributed by atoms with Gasteiger partial charge in [-0.15, -0.1) is 0 Å². The summed E-state index contributed by atoms with van der Waals surface area (Å²) in [6.45, 7) is 5.91. The van der Waals surface area contributed by atoms with Crippen molar-refractivity contribution in [2.45, 2.75) is 26.9 Å². The van der Waals surface area contributed by atoms with E-state index < -0.39 is 6.10 Å². The fourth-order valence-electron chi connectivity index (χ4n) is 2.43. The average Bonchev–Trinajstić information content (AvgIpc) is 2.39. The molecule has 1 unspecified atom stereocenters. The molecule has 20 heavy (non-hydrogen) atoms. The van der Waals surface area contributed by atoms with Crippen LogP contribution in [0.25, 0.3) is 0 Å². The lowest BCUT2D eigenvalue weighted by Crippen LogP contribution is -2.04. The zero-order valence-electron chi connectivity index (χ0n) is 12.2. The lowest BCUT2D eigenvalue weighted by atomic mass is 9.94. The molecule has 0 radical (unpaired) electrons. The van der Waals surface area contributed by atoms with Crippen LogP contribution in [0.1, 0.15) is 33.9 Å². The van der Waals surface area contributed by atoms with Crippen LogP contribution in [0.15, 0.2) is 30.3 Å². The van der Waals surface area contributed by atoms with Crippen LogP contribution in [-0.2, 0) is 0 Å². The van der Waals surface area contributed by atoms with Crippen molar-refractivity contribution in [2.75, 3.05) is 7.11 Å². The second kappa shape index (κ2) is 5.86. The Labute approximate surface area is 125 Å². The maximum absolute atomic E-state index is 10.6. The molecule has 0 spiro atoms. The summed E-state index contributed by atoms with van der Waals surface area (Å²) < 4.78 is 5.30. The van der Waals surface area contributed by atoms with E-state index in [0.29, 0.717) is 5.02 Å². The van der Waals surface area contributed by atoms with E-state index in [1.807, 2.05) is 45.0 Å². The Kier molecular flexibility index (Phi) is 4.36. The van der Waals surface area contributed by atoms with Gasteiger partial charge in [0, 0.05) is 5.02 Å². The summed E-state index contributed by atoms with van der Waals surface area (Å²) in [6, 6.07) is 9.55. The third-order valence-electron chi connectivity index (χ3n) is 3.46. The third-order valence-corrected chi connectivity index (χ3v) is 3.68. The predicted octanol–water partition coefficient (Wildman–Crippen LogP) is 4.36. The van der Waals surface area contributed by atoms with Crippen molar-refractivity contribution in [1.82, 2.24) is 0 Å². The number of hydrogen-bond donors (Lipinski definition) is 1. The molecular weight excluding hydrogens is 272 g/mol. The summed E-state index contributed by atoms with van der Waals surface area (Å²) >= 11 is 6.07. The molecule has 0 amide bonds. The number of aliphatic hydroxyl groups is 1. The SMILES string of the molecule is COc1cc(C)c(C(O)c2cc(C)cc(Cl)c2)cc1C. The molecule has 2 aromatic carbocycles. The van der Waals surface area contributed by atoms with Gasteiger partial charge < -0.3 is 9.84 Å². The van der Waals surface area contributed by atoms with Crippen LogP contribution in [0.5, 0.6) is 5.75 Å². The van der Waals surface area contributed by atoms with Gasteiger partial charge in [0.05, 0.1) is 7.11 Å². The van der Waals surface area contributed by atoms with Gasteiger partial charge in [-0.2, -0.15) is 0 Å². The van der Waals surface area contributed by atoms with Crippen molar-refractivity contribution in [1.29, 1.82) is 0 Å². The first-order chi connectivity index (χ1) is 9.42. The first-order valence-corrected chi connectivity index (χ1v) is 6.90. The number of aliphatic hydroxyl groups excluding tert-OH is 1. The monoisotopic (exact) mass is 290 g/mol. The molecule has 2 aromatic rings. The van der Waals surface area contributed by atoms with Crippen molar-refractivity contribution in [3.63, 3.8) is 0 Å². The molecule has 0 saturated carbocycles. The highest BCUT2D eigenvalue weighted by Crippen LogP contribution is 2.31. The smallest absolute Gasteiger partial charge is 0.122 e. The lowest BCUT2D eigenvalue weighted by Gasteiger charge is -2.17. The molecule has 106 valence electrons. The van der Waals surface area contributed by atoms with Gasteiger partial charge in [-0.25, -0.2) is 0 Å². The largest absolute Gasteiger partial charge is 0.496 e. The number of rotatable bonds is 3. The van der Waals surface area contributed by atoms with Gasteiger partial charge in [-0.1, -0.05) is 17.7 Å². The van der Waals surface area contributed by atoms with Crippen LogP contribution in [0.4, 0.5) is 0 Å². The van der Waals surface area contributed by atoms with E-state index in [1.54, 1.807) is 13.2 Å². The minimum Gasteiger partial charge on any atom is -0.496 e. The van der Waals surface area contributed by atoms with Crippen LogP contribution in [0, 0.1) is 20.8 Å². The Morgan fingerprint density at radius 3 is 2.30 bits per heavy atom. The van der Waals surface area contributed by atoms with Crippen LogP contribution in [-0.4, -0.2) is 12.2 Å². The maximum Gasteiger partial charge on any atom is 0.122 e. The predicted molar refractivity (Wildman–Crippen MR) is 82.7 cm³/mol. The Bertz CT molecular complexity index is 615. The Morgan fingerprint density at radius 2 is 1.70 bits per heavy atom. The molecule has 0 aliphatic heterocycles. The molecule has 0 aromatic heterocycles. The molecule has 0 fully saturated rings. The second-order valence-electron chi connectivity index (χ2n) is 5.14. The Hall–Kier alpha value is -1.51. The number of halogens is 1. The molecule has 1 atom stereocenters. The van der Waals surface area contributed by atoms with Gasteiger partial charge in [0.15, 0.2) is 0 Å². The summed E-state index contributed by atoms with van der Waals surface area (Å²) in [5.41, 5.74) is 4.73. The summed E-state index contributed by atoms with van der Waals surface area (Å²) in [4.78, 5) is 0. The molecule has 3 heteroatoms. The fourth-order valence-corrected chi connectivity index (χ4v) is 2.73. The highest BCUT2D eigenvalue weighted by atomic mass is 35.5. The molecule has 0 bridgehead atoms. The molecule has 2 rings (SSSR count). The number of benzene rings is 2. The average molecular weight is 291 g/mol. The van der Waals surface area contributed by atoms with Crippen molar-refractivity contribution in [3.8, 4) is 5.75 Å². The van der Waals surface area contributed by atoms with E-state index in [2.05, 4.69) is 0 Å². The Morgan fingerprint density at radius 1 is 1.00 bits per heavy atom. The Balaban J connectivity index is 2.47. The molecule has 0 heterocycles. The normalized spacial score (nSPS) is 12.3. The maximum atomic E-state index is 10.6. The van der Waals surface area contributed by atoms with Gasteiger partial charge in [-0.05, 0) is 72.9 Å². The van der Waals surface area contributed by atoms with E-state index in [1.165, 1.54) is 0 Å². The van der Waals surface area contributed by atoms with Gasteiger partial charge in [0.25, 0.3) is 0 Å². The number of aryl methyl sites for hydroxylation is 3. The molecular formula is C17H19ClO2. The lowest BCUT2D eigenvalue weighted by molar-refractivity contribution is 0.219. The highest BCUT2D eigenvalue weighted by Gasteiger charge is 2.16. The number of hydrogen-bond acceptors (Lipinski definition) is 2. The van der Waals surface area contributed by atoms with E-state index in [9.17, 15) is 5.11 Å². The summed E-state index contributed by atoms with van der Waals surface area (Å²) in [5.74, 6) is 0.834. The highest BCUT2D eigenvalue weighted by molar-refractivity contribution is 6.30. The van der Waals surface area contributed by atoms with E-state index in [-0.39, 0.29) is 0 Å². The standard InChI is InChI=1S/C17H19ClO2/c1-10-5-13(9-14(18)6-10)17(19)15-7-12(3)16(20-4)8-11(15)2/h5-9,17,19H,1-4H3. The minimum absolute atomic E-state index is 0.641. The van der Waals surface area contributed by atoms with Crippen LogP contribution >= 0.6 is 11.6 Å². The van der Waals surface area contributed by atoms with Gasteiger partial charge in [-0.3, -0.25) is 0 Å². The zero-order valence-corrected chi connectivity index (χ0v) is 13.0. The fraction of sp³-hybridized carbons (Fsp3) is 0.294. The summed E-state index contributed by atoms with van der Waals surface area (Å²) in [6.07, 6.45) is -0.683. The van der Waals surface area contributed by atoms with Crippen molar-refractivity contribution in [3.05, 3.63) is 63.2 Å². The molecule has 2 nitrogen and oxygen atoms in total. The van der Waals surface area contributed by atoms with E-state index in [0.717, 1.165) is 33.6 Å². The zero-order chi connectivity index (χ0) is 14.9. The van der Waals surface area contributed by atoms with Crippen LogP contribution in [0.2, 0.25) is 5.02 Å².